The molecule has 6 unspecified atom stereocenters. The maximum atomic E-state index is 12.9. The number of carbonyl (C=O) groups is 2. The number of benzene rings is 1. The average Bonchev–Trinajstić information content (AvgIpc) is 3.28. The molecule has 0 radical (unpaired) electrons. The van der Waals surface area contributed by atoms with Gasteiger partial charge >= 0.3 is 0 Å². The standard InChI is InChI=1S/C20H21NO3/c22-19(21-12-5-4-10-2-1-3-11(10)8-12)17-13-6-7-14(16-9-15(13)16)18(17)20(23)24/h4-8,13-18H,1-3,9H2,(H,21,22)(H,23,24)/p-1. The molecule has 2 bridgehead atoms. The fraction of sp³-hybridized carbons (Fsp3) is 0.500. The van der Waals surface area contributed by atoms with Crippen molar-refractivity contribution in [2.45, 2.75) is 25.7 Å². The van der Waals surface area contributed by atoms with Crippen LogP contribution in [0.2, 0.25) is 0 Å². The van der Waals surface area contributed by atoms with E-state index in [2.05, 4.69) is 17.5 Å². The molecule has 1 N–H and O–H groups in total. The van der Waals surface area contributed by atoms with Crippen LogP contribution in [0.4, 0.5) is 5.69 Å². The van der Waals surface area contributed by atoms with Crippen LogP contribution >= 0.6 is 0 Å². The van der Waals surface area contributed by atoms with E-state index in [1.165, 1.54) is 17.5 Å². The highest BCUT2D eigenvalue weighted by molar-refractivity contribution is 5.96. The Morgan fingerprint density at radius 2 is 1.71 bits per heavy atom. The second kappa shape index (κ2) is 4.95. The molecule has 4 nitrogen and oxygen atoms in total. The number of rotatable bonds is 3. The Morgan fingerprint density at radius 3 is 2.46 bits per heavy atom. The van der Waals surface area contributed by atoms with Crippen molar-refractivity contribution < 1.29 is 14.7 Å². The Morgan fingerprint density at radius 1 is 1.00 bits per heavy atom. The Hall–Kier alpha value is -2.10. The summed E-state index contributed by atoms with van der Waals surface area (Å²) in [4.78, 5) is 24.6. The van der Waals surface area contributed by atoms with Gasteiger partial charge in [0.25, 0.3) is 0 Å². The minimum absolute atomic E-state index is 0.0271. The van der Waals surface area contributed by atoms with Crippen LogP contribution in [0.3, 0.4) is 0 Å². The van der Waals surface area contributed by atoms with E-state index in [0.29, 0.717) is 11.8 Å². The van der Waals surface area contributed by atoms with Crippen molar-refractivity contribution in [1.82, 2.24) is 0 Å². The fourth-order valence-electron chi connectivity index (χ4n) is 5.43. The summed E-state index contributed by atoms with van der Waals surface area (Å²) in [5, 5.41) is 14.7. The number of carbonyl (C=O) groups excluding carboxylic acids is 2. The molecule has 24 heavy (non-hydrogen) atoms. The summed E-state index contributed by atoms with van der Waals surface area (Å²) in [6, 6.07) is 6.07. The number of anilines is 1. The Labute approximate surface area is 140 Å². The molecule has 5 aliphatic carbocycles. The van der Waals surface area contributed by atoms with Crippen LogP contribution in [0.25, 0.3) is 0 Å². The predicted molar refractivity (Wildman–Crippen MR) is 86.8 cm³/mol. The van der Waals surface area contributed by atoms with Gasteiger partial charge in [-0.2, -0.15) is 0 Å². The first-order valence-corrected chi connectivity index (χ1v) is 8.95. The largest absolute Gasteiger partial charge is 0.550 e. The van der Waals surface area contributed by atoms with E-state index < -0.39 is 17.8 Å². The topological polar surface area (TPSA) is 69.2 Å². The Balaban J connectivity index is 1.42. The van der Waals surface area contributed by atoms with Crippen molar-refractivity contribution in [2.24, 2.45) is 35.5 Å². The summed E-state index contributed by atoms with van der Waals surface area (Å²) in [5.41, 5.74) is 3.45. The van der Waals surface area contributed by atoms with Crippen LogP contribution in [-0.4, -0.2) is 11.9 Å². The number of aryl methyl sites for hydroxylation is 2. The van der Waals surface area contributed by atoms with Crippen molar-refractivity contribution >= 4 is 17.6 Å². The smallest absolute Gasteiger partial charge is 0.228 e. The minimum Gasteiger partial charge on any atom is -0.550 e. The fourth-order valence-corrected chi connectivity index (χ4v) is 5.43. The number of fused-ring (bicyclic) bond motifs is 2. The van der Waals surface area contributed by atoms with Crippen LogP contribution in [0.5, 0.6) is 0 Å². The van der Waals surface area contributed by atoms with E-state index in [4.69, 9.17) is 0 Å². The number of amides is 1. The van der Waals surface area contributed by atoms with Gasteiger partial charge in [0.15, 0.2) is 0 Å². The third-order valence-corrected chi connectivity index (χ3v) is 6.59. The SMILES string of the molecule is O=C([O-])C1C2C=CC(C3CC23)C1C(=O)Nc1ccc2c(c1)CCC2. The van der Waals surface area contributed by atoms with Crippen molar-refractivity contribution in [3.05, 3.63) is 41.5 Å². The molecule has 2 fully saturated rings. The molecule has 0 saturated heterocycles. The summed E-state index contributed by atoms with van der Waals surface area (Å²) in [6.07, 6.45) is 8.47. The number of aliphatic carboxylic acids is 1. The van der Waals surface area contributed by atoms with Crippen LogP contribution < -0.4 is 10.4 Å². The van der Waals surface area contributed by atoms with Crippen molar-refractivity contribution in [3.63, 3.8) is 0 Å². The summed E-state index contributed by atoms with van der Waals surface area (Å²) >= 11 is 0. The third-order valence-electron chi connectivity index (χ3n) is 6.59. The second-order valence-corrected chi connectivity index (χ2v) is 7.80. The van der Waals surface area contributed by atoms with Crippen molar-refractivity contribution in [3.8, 4) is 0 Å². The lowest BCUT2D eigenvalue weighted by atomic mass is 9.62. The molecule has 1 aromatic rings. The highest BCUT2D eigenvalue weighted by Gasteiger charge is 2.61. The zero-order valence-electron chi connectivity index (χ0n) is 13.4. The molecule has 0 aromatic heterocycles. The van der Waals surface area contributed by atoms with Gasteiger partial charge in [-0.05, 0) is 72.6 Å². The first-order valence-electron chi connectivity index (χ1n) is 8.95. The van der Waals surface area contributed by atoms with Gasteiger partial charge in [-0.25, -0.2) is 0 Å². The monoisotopic (exact) mass is 322 g/mol. The second-order valence-electron chi connectivity index (χ2n) is 7.80. The molecule has 6 atom stereocenters. The molecule has 0 spiro atoms. The van der Waals surface area contributed by atoms with Crippen LogP contribution in [-0.2, 0) is 22.4 Å². The van der Waals surface area contributed by atoms with Crippen LogP contribution in [0, 0.1) is 35.5 Å². The van der Waals surface area contributed by atoms with E-state index in [1.54, 1.807) is 0 Å². The van der Waals surface area contributed by atoms with Gasteiger partial charge in [-0.15, -0.1) is 0 Å². The average molecular weight is 322 g/mol. The lowest BCUT2D eigenvalue weighted by molar-refractivity contribution is -0.316. The molecule has 0 heterocycles. The van der Waals surface area contributed by atoms with E-state index in [0.717, 1.165) is 24.9 Å². The van der Waals surface area contributed by atoms with Gasteiger partial charge < -0.3 is 15.2 Å². The minimum atomic E-state index is -1.08. The lowest BCUT2D eigenvalue weighted by Gasteiger charge is -2.44. The van der Waals surface area contributed by atoms with Gasteiger partial charge in [0.05, 0.1) is 5.92 Å². The van der Waals surface area contributed by atoms with Gasteiger partial charge in [0.1, 0.15) is 0 Å². The molecular formula is C20H20NO3-. The van der Waals surface area contributed by atoms with Crippen LogP contribution in [0.1, 0.15) is 24.0 Å². The quantitative estimate of drug-likeness (QED) is 0.859. The molecule has 1 amide bonds. The summed E-state index contributed by atoms with van der Waals surface area (Å²) in [5.74, 6) is -1.45. The number of allylic oxidation sites excluding steroid dienone is 2. The molecule has 4 heteroatoms. The summed E-state index contributed by atoms with van der Waals surface area (Å²) < 4.78 is 0. The van der Waals surface area contributed by atoms with E-state index in [1.807, 2.05) is 18.2 Å². The molecule has 5 aliphatic rings. The third kappa shape index (κ3) is 1.98. The highest BCUT2D eigenvalue weighted by atomic mass is 16.4. The summed E-state index contributed by atoms with van der Waals surface area (Å²) in [7, 11) is 0. The van der Waals surface area contributed by atoms with Gasteiger partial charge in [-0.1, -0.05) is 18.2 Å². The van der Waals surface area contributed by atoms with E-state index in [9.17, 15) is 14.7 Å². The van der Waals surface area contributed by atoms with Gasteiger partial charge in [-0.3, -0.25) is 4.79 Å². The van der Waals surface area contributed by atoms with Gasteiger partial charge in [0, 0.05) is 17.6 Å². The summed E-state index contributed by atoms with van der Waals surface area (Å²) in [6.45, 7) is 0. The molecule has 1 aromatic carbocycles. The molecule has 0 aliphatic heterocycles. The maximum Gasteiger partial charge on any atom is 0.228 e. The Bertz CT molecular complexity index is 768. The number of hydrogen-bond donors (Lipinski definition) is 1. The predicted octanol–water partition coefficient (Wildman–Crippen LogP) is 1.55. The first kappa shape index (κ1) is 14.3. The van der Waals surface area contributed by atoms with Crippen LogP contribution in [0.15, 0.2) is 30.4 Å². The molecule has 124 valence electrons. The van der Waals surface area contributed by atoms with E-state index >= 15 is 0 Å². The lowest BCUT2D eigenvalue weighted by Crippen LogP contribution is -2.52. The number of nitrogens with one attached hydrogen (secondary N) is 1. The Kier molecular flexibility index (Phi) is 2.94. The van der Waals surface area contributed by atoms with Crippen molar-refractivity contribution in [2.75, 3.05) is 5.32 Å². The number of carboxylic acid groups (broad SMARTS) is 1. The zero-order valence-corrected chi connectivity index (χ0v) is 13.4. The maximum absolute atomic E-state index is 12.9. The molecular weight excluding hydrogens is 302 g/mol. The van der Waals surface area contributed by atoms with Gasteiger partial charge in [0.2, 0.25) is 5.91 Å². The van der Waals surface area contributed by atoms with Crippen molar-refractivity contribution in [1.29, 1.82) is 0 Å². The number of carboxylic acids is 1. The zero-order chi connectivity index (χ0) is 16.4. The highest BCUT2D eigenvalue weighted by Crippen LogP contribution is 2.63. The van der Waals surface area contributed by atoms with E-state index in [-0.39, 0.29) is 17.7 Å². The molecule has 2 saturated carbocycles. The molecule has 6 rings (SSSR count). The normalized spacial score (nSPS) is 37.7. The first-order chi connectivity index (χ1) is 11.6. The number of hydrogen-bond acceptors (Lipinski definition) is 3.